The van der Waals surface area contributed by atoms with E-state index in [2.05, 4.69) is 4.99 Å². The standard InChI is InChI=1S/C24H28ClN3O4S2/c1-2-32-17-16-28-22-20(25)8-7-9-21(22)33-24(28)26-23(29)18-10-12-19(13-11-18)34(30,31)27-14-5-3-4-6-15-27/h7-13H,2-6,14-17H2,1H3. The highest BCUT2D eigenvalue weighted by Gasteiger charge is 2.25. The molecule has 0 saturated carbocycles. The summed E-state index contributed by atoms with van der Waals surface area (Å²) in [5.74, 6) is -0.438. The summed E-state index contributed by atoms with van der Waals surface area (Å²) in [6.07, 6.45) is 3.84. The molecular weight excluding hydrogens is 494 g/mol. The normalized spacial score (nSPS) is 16.1. The van der Waals surface area contributed by atoms with Crippen molar-refractivity contribution in [2.45, 2.75) is 44.0 Å². The monoisotopic (exact) mass is 521 g/mol. The van der Waals surface area contributed by atoms with Crippen LogP contribution in [-0.4, -0.2) is 49.5 Å². The van der Waals surface area contributed by atoms with Gasteiger partial charge in [-0.3, -0.25) is 4.79 Å². The van der Waals surface area contributed by atoms with Crippen LogP contribution in [0.3, 0.4) is 0 Å². The van der Waals surface area contributed by atoms with Gasteiger partial charge in [-0.05, 0) is 56.2 Å². The Morgan fingerprint density at radius 2 is 1.79 bits per heavy atom. The van der Waals surface area contributed by atoms with E-state index in [1.54, 1.807) is 4.31 Å². The maximum absolute atomic E-state index is 13.0. The molecule has 0 bridgehead atoms. The Labute approximate surface area is 208 Å². The lowest BCUT2D eigenvalue weighted by molar-refractivity contribution is 0.0996. The quantitative estimate of drug-likeness (QED) is 0.422. The first-order valence-corrected chi connectivity index (χ1v) is 14.1. The van der Waals surface area contributed by atoms with Gasteiger partial charge in [-0.2, -0.15) is 9.30 Å². The minimum absolute atomic E-state index is 0.200. The fourth-order valence-electron chi connectivity index (χ4n) is 4.03. The molecule has 1 saturated heterocycles. The van der Waals surface area contributed by atoms with Crippen LogP contribution in [0.1, 0.15) is 43.0 Å². The average Bonchev–Trinajstić information content (AvgIpc) is 2.99. The maximum Gasteiger partial charge on any atom is 0.279 e. The zero-order valence-electron chi connectivity index (χ0n) is 19.1. The molecule has 0 unspecified atom stereocenters. The van der Waals surface area contributed by atoms with Gasteiger partial charge in [0.05, 0.1) is 26.7 Å². The summed E-state index contributed by atoms with van der Waals surface area (Å²) in [6.45, 7) is 4.57. The number of aromatic nitrogens is 1. The number of benzene rings is 2. The van der Waals surface area contributed by atoms with Crippen molar-refractivity contribution in [3.05, 3.63) is 57.9 Å². The highest BCUT2D eigenvalue weighted by atomic mass is 35.5. The Morgan fingerprint density at radius 3 is 2.47 bits per heavy atom. The van der Waals surface area contributed by atoms with Crippen LogP contribution in [-0.2, 0) is 21.3 Å². The van der Waals surface area contributed by atoms with Crippen molar-refractivity contribution in [2.24, 2.45) is 4.99 Å². The third-order valence-corrected chi connectivity index (χ3v) is 9.08. The summed E-state index contributed by atoms with van der Waals surface area (Å²) in [7, 11) is -3.57. The van der Waals surface area contributed by atoms with E-state index in [1.165, 1.54) is 35.6 Å². The number of amides is 1. The topological polar surface area (TPSA) is 81.0 Å². The van der Waals surface area contributed by atoms with Gasteiger partial charge < -0.3 is 9.30 Å². The lowest BCUT2D eigenvalue weighted by atomic mass is 10.2. The van der Waals surface area contributed by atoms with Crippen LogP contribution in [0.2, 0.25) is 5.02 Å². The van der Waals surface area contributed by atoms with Crippen molar-refractivity contribution >= 4 is 49.1 Å². The van der Waals surface area contributed by atoms with Crippen molar-refractivity contribution in [3.8, 4) is 0 Å². The number of carbonyl (C=O) groups excluding carboxylic acids is 1. The molecule has 182 valence electrons. The van der Waals surface area contributed by atoms with Crippen LogP contribution in [0.5, 0.6) is 0 Å². The van der Waals surface area contributed by atoms with Gasteiger partial charge >= 0.3 is 0 Å². The number of thiazole rings is 1. The minimum Gasteiger partial charge on any atom is -0.380 e. The number of fused-ring (bicyclic) bond motifs is 1. The third kappa shape index (κ3) is 5.44. The Hall–Kier alpha value is -2.04. The number of nitrogens with zero attached hydrogens (tertiary/aromatic N) is 3. The number of hydrogen-bond acceptors (Lipinski definition) is 5. The van der Waals surface area contributed by atoms with Crippen LogP contribution in [0.15, 0.2) is 52.4 Å². The Bertz CT molecular complexity index is 1320. The number of carbonyl (C=O) groups is 1. The van der Waals surface area contributed by atoms with E-state index in [1.807, 2.05) is 29.7 Å². The molecular formula is C24H28ClN3O4S2. The number of para-hydroxylation sites is 1. The summed E-state index contributed by atoms with van der Waals surface area (Å²) in [5.41, 5.74) is 1.15. The summed E-state index contributed by atoms with van der Waals surface area (Å²) in [6, 6.07) is 11.7. The number of rotatable bonds is 7. The molecule has 1 fully saturated rings. The Kier molecular flexibility index (Phi) is 8.21. The van der Waals surface area contributed by atoms with E-state index in [9.17, 15) is 13.2 Å². The first kappa shape index (κ1) is 25.1. The molecule has 0 N–H and O–H groups in total. The molecule has 4 rings (SSSR count). The first-order valence-electron chi connectivity index (χ1n) is 11.5. The van der Waals surface area contributed by atoms with Gasteiger partial charge in [0.15, 0.2) is 4.80 Å². The molecule has 0 aliphatic carbocycles. The highest BCUT2D eigenvalue weighted by Crippen LogP contribution is 2.25. The van der Waals surface area contributed by atoms with Crippen LogP contribution in [0.4, 0.5) is 0 Å². The van der Waals surface area contributed by atoms with Gasteiger partial charge in [0.1, 0.15) is 0 Å². The molecule has 34 heavy (non-hydrogen) atoms. The SMILES string of the molecule is CCOCCn1c(=NC(=O)c2ccc(S(=O)(=O)N3CCCCCC3)cc2)sc2cccc(Cl)c21. The molecule has 2 heterocycles. The van der Waals surface area contributed by atoms with Crippen LogP contribution >= 0.6 is 22.9 Å². The molecule has 2 aromatic carbocycles. The fourth-order valence-corrected chi connectivity index (χ4v) is 6.96. The Balaban J connectivity index is 1.63. The lowest BCUT2D eigenvalue weighted by Gasteiger charge is -2.19. The molecule has 1 aliphatic rings. The van der Waals surface area contributed by atoms with Gasteiger partial charge in [-0.15, -0.1) is 0 Å². The second-order valence-corrected chi connectivity index (χ2v) is 11.4. The van der Waals surface area contributed by atoms with Crippen LogP contribution < -0.4 is 4.80 Å². The predicted octanol–water partition coefficient (Wildman–Crippen LogP) is 4.70. The second-order valence-electron chi connectivity index (χ2n) is 8.08. The van der Waals surface area contributed by atoms with Crippen molar-refractivity contribution in [3.63, 3.8) is 0 Å². The van der Waals surface area contributed by atoms with Crippen molar-refractivity contribution in [2.75, 3.05) is 26.3 Å². The summed E-state index contributed by atoms with van der Waals surface area (Å²) in [4.78, 5) is 18.0. The van der Waals surface area contributed by atoms with E-state index in [0.29, 0.717) is 48.2 Å². The molecule has 7 nitrogen and oxygen atoms in total. The van der Waals surface area contributed by atoms with E-state index in [4.69, 9.17) is 16.3 Å². The van der Waals surface area contributed by atoms with Gasteiger partial charge in [0, 0.05) is 31.8 Å². The van der Waals surface area contributed by atoms with Crippen molar-refractivity contribution in [1.82, 2.24) is 8.87 Å². The molecule has 0 atom stereocenters. The molecule has 0 radical (unpaired) electrons. The van der Waals surface area contributed by atoms with E-state index in [0.717, 1.165) is 35.9 Å². The van der Waals surface area contributed by atoms with Gasteiger partial charge in [0.25, 0.3) is 5.91 Å². The maximum atomic E-state index is 13.0. The molecule has 1 aliphatic heterocycles. The number of halogens is 1. The highest BCUT2D eigenvalue weighted by molar-refractivity contribution is 7.89. The van der Waals surface area contributed by atoms with Crippen molar-refractivity contribution < 1.29 is 17.9 Å². The van der Waals surface area contributed by atoms with Crippen molar-refractivity contribution in [1.29, 1.82) is 0 Å². The largest absolute Gasteiger partial charge is 0.380 e. The molecule has 1 aromatic heterocycles. The summed E-state index contributed by atoms with van der Waals surface area (Å²) in [5, 5.41) is 0.585. The third-order valence-electron chi connectivity index (χ3n) is 5.82. The minimum atomic E-state index is -3.57. The fraction of sp³-hybridized carbons (Fsp3) is 0.417. The molecule has 0 spiro atoms. The second kappa shape index (κ2) is 11.1. The zero-order valence-corrected chi connectivity index (χ0v) is 21.5. The predicted molar refractivity (Wildman–Crippen MR) is 135 cm³/mol. The van der Waals surface area contributed by atoms with Crippen LogP contribution in [0, 0.1) is 0 Å². The first-order chi connectivity index (χ1) is 16.4. The smallest absolute Gasteiger partial charge is 0.279 e. The van der Waals surface area contributed by atoms with Gasteiger partial charge in [-0.25, -0.2) is 8.42 Å². The van der Waals surface area contributed by atoms with Gasteiger partial charge in [0.2, 0.25) is 10.0 Å². The number of ether oxygens (including phenoxy) is 1. The summed E-state index contributed by atoms with van der Waals surface area (Å²) >= 11 is 7.81. The summed E-state index contributed by atoms with van der Waals surface area (Å²) < 4.78 is 35.9. The van der Waals surface area contributed by atoms with E-state index >= 15 is 0 Å². The number of sulfonamides is 1. The molecule has 1 amide bonds. The zero-order chi connectivity index (χ0) is 24.1. The number of hydrogen-bond donors (Lipinski definition) is 0. The molecule has 10 heteroatoms. The van der Waals surface area contributed by atoms with Crippen LogP contribution in [0.25, 0.3) is 10.2 Å². The lowest BCUT2D eigenvalue weighted by Crippen LogP contribution is -2.31. The van der Waals surface area contributed by atoms with E-state index < -0.39 is 15.9 Å². The van der Waals surface area contributed by atoms with E-state index in [-0.39, 0.29) is 4.90 Å². The Morgan fingerprint density at radius 1 is 1.09 bits per heavy atom. The average molecular weight is 522 g/mol. The molecule has 3 aromatic rings. The van der Waals surface area contributed by atoms with Gasteiger partial charge in [-0.1, -0.05) is 41.8 Å².